The topological polar surface area (TPSA) is 73.9 Å². The molecule has 0 aliphatic carbocycles. The van der Waals surface area contributed by atoms with Crippen LogP contribution in [0.3, 0.4) is 0 Å². The summed E-state index contributed by atoms with van der Waals surface area (Å²) in [6.45, 7) is 4.92. The number of anilines is 1. The first kappa shape index (κ1) is 17.8. The molecule has 1 fully saturated rings. The lowest BCUT2D eigenvalue weighted by molar-refractivity contribution is -0.112. The van der Waals surface area contributed by atoms with Crippen molar-refractivity contribution in [2.45, 2.75) is 25.4 Å². The summed E-state index contributed by atoms with van der Waals surface area (Å²) in [6, 6.07) is 5.62. The van der Waals surface area contributed by atoms with E-state index >= 15 is 0 Å². The van der Waals surface area contributed by atoms with Crippen LogP contribution < -0.4 is 15.7 Å². The molecular formula is C18H26N4O3. The highest BCUT2D eigenvalue weighted by molar-refractivity contribution is 6.00. The molecule has 2 aliphatic rings. The van der Waals surface area contributed by atoms with Gasteiger partial charge in [0.1, 0.15) is 6.29 Å². The van der Waals surface area contributed by atoms with E-state index in [0.29, 0.717) is 19.6 Å². The summed E-state index contributed by atoms with van der Waals surface area (Å²) >= 11 is 0. The number of rotatable bonds is 8. The Hall–Kier alpha value is -1.96. The van der Waals surface area contributed by atoms with E-state index < -0.39 is 6.04 Å². The van der Waals surface area contributed by atoms with E-state index in [9.17, 15) is 9.59 Å². The monoisotopic (exact) mass is 346 g/mol. The Labute approximate surface area is 148 Å². The molecule has 1 aromatic carbocycles. The Kier molecular flexibility index (Phi) is 6.01. The van der Waals surface area contributed by atoms with Gasteiger partial charge in [-0.05, 0) is 36.6 Å². The Bertz CT molecular complexity index is 616. The van der Waals surface area contributed by atoms with Gasteiger partial charge in [0, 0.05) is 51.0 Å². The molecule has 7 nitrogen and oxygen atoms in total. The van der Waals surface area contributed by atoms with Gasteiger partial charge in [-0.2, -0.15) is 0 Å². The highest BCUT2D eigenvalue weighted by Gasteiger charge is 2.32. The maximum Gasteiger partial charge on any atom is 0.255 e. The number of hydroxylamine groups is 1. The molecular weight excluding hydrogens is 320 g/mol. The highest BCUT2D eigenvalue weighted by Crippen LogP contribution is 2.29. The molecule has 7 heteroatoms. The van der Waals surface area contributed by atoms with E-state index in [1.165, 1.54) is 0 Å². The van der Waals surface area contributed by atoms with Gasteiger partial charge in [0.15, 0.2) is 0 Å². The summed E-state index contributed by atoms with van der Waals surface area (Å²) in [5.74, 6) is -0.0477. The predicted molar refractivity (Wildman–Crippen MR) is 95.5 cm³/mol. The number of piperazine rings is 1. The summed E-state index contributed by atoms with van der Waals surface area (Å²) in [5.41, 5.74) is 5.50. The molecule has 0 bridgehead atoms. The minimum absolute atomic E-state index is 0.0477. The van der Waals surface area contributed by atoms with Gasteiger partial charge in [-0.25, -0.2) is 5.48 Å². The van der Waals surface area contributed by atoms with Crippen molar-refractivity contribution in [1.82, 2.24) is 15.7 Å². The number of nitrogens with one attached hydrogen (secondary N) is 2. The number of carbonyl (C=O) groups is 2. The standard InChI is InChI=1S/C18H26N4O3/c1-19-25-10-2-3-16(13-23)22-12-14-11-15(4-5-17(14)18(22)24)21-8-6-20-7-9-21/h4-5,11,13,16,19-20H,2-3,6-10,12H2,1H3. The van der Waals surface area contributed by atoms with Crippen LogP contribution in [0.5, 0.6) is 0 Å². The van der Waals surface area contributed by atoms with Crippen molar-refractivity contribution in [1.29, 1.82) is 0 Å². The summed E-state index contributed by atoms with van der Waals surface area (Å²) in [6.07, 6.45) is 2.20. The maximum atomic E-state index is 12.7. The number of benzene rings is 1. The van der Waals surface area contributed by atoms with Crippen molar-refractivity contribution in [3.05, 3.63) is 29.3 Å². The first-order chi connectivity index (χ1) is 12.2. The number of aldehydes is 1. The van der Waals surface area contributed by atoms with E-state index in [0.717, 1.165) is 55.7 Å². The first-order valence-corrected chi connectivity index (χ1v) is 8.88. The third-order valence-electron chi connectivity index (χ3n) is 4.85. The van der Waals surface area contributed by atoms with E-state index in [-0.39, 0.29) is 5.91 Å². The van der Waals surface area contributed by atoms with Crippen molar-refractivity contribution >= 4 is 17.9 Å². The molecule has 0 spiro atoms. The van der Waals surface area contributed by atoms with Crippen molar-refractivity contribution in [2.75, 3.05) is 44.7 Å². The smallest absolute Gasteiger partial charge is 0.255 e. The van der Waals surface area contributed by atoms with Crippen LogP contribution in [0.15, 0.2) is 18.2 Å². The van der Waals surface area contributed by atoms with Gasteiger partial charge < -0.3 is 24.7 Å². The number of carbonyl (C=O) groups excluding carboxylic acids is 2. The van der Waals surface area contributed by atoms with Crippen molar-refractivity contribution < 1.29 is 14.4 Å². The van der Waals surface area contributed by atoms with Crippen LogP contribution in [0.2, 0.25) is 0 Å². The zero-order valence-corrected chi connectivity index (χ0v) is 14.7. The molecule has 2 heterocycles. The zero-order chi connectivity index (χ0) is 17.6. The van der Waals surface area contributed by atoms with E-state index in [1.807, 2.05) is 12.1 Å². The van der Waals surface area contributed by atoms with E-state index in [2.05, 4.69) is 21.8 Å². The molecule has 0 saturated carbocycles. The Balaban J connectivity index is 1.68. The van der Waals surface area contributed by atoms with E-state index in [4.69, 9.17) is 4.84 Å². The molecule has 136 valence electrons. The van der Waals surface area contributed by atoms with Gasteiger partial charge >= 0.3 is 0 Å². The Morgan fingerprint density at radius 2 is 2.16 bits per heavy atom. The van der Waals surface area contributed by atoms with Crippen LogP contribution >= 0.6 is 0 Å². The van der Waals surface area contributed by atoms with Crippen LogP contribution in [0, 0.1) is 0 Å². The summed E-state index contributed by atoms with van der Waals surface area (Å²) in [4.78, 5) is 33.3. The lowest BCUT2D eigenvalue weighted by Gasteiger charge is -2.29. The lowest BCUT2D eigenvalue weighted by atomic mass is 10.1. The second-order valence-corrected chi connectivity index (χ2v) is 6.41. The van der Waals surface area contributed by atoms with Gasteiger partial charge in [0.2, 0.25) is 0 Å². The Morgan fingerprint density at radius 3 is 2.88 bits per heavy atom. The molecule has 1 amide bonds. The predicted octanol–water partition coefficient (Wildman–Crippen LogP) is 0.551. The van der Waals surface area contributed by atoms with Gasteiger partial charge in [0.05, 0.1) is 12.6 Å². The van der Waals surface area contributed by atoms with Crippen LogP contribution in [0.1, 0.15) is 28.8 Å². The molecule has 1 saturated heterocycles. The molecule has 1 atom stereocenters. The molecule has 0 radical (unpaired) electrons. The number of fused-ring (bicyclic) bond motifs is 1. The molecule has 0 aromatic heterocycles. The molecule has 1 aromatic rings. The largest absolute Gasteiger partial charge is 0.369 e. The minimum Gasteiger partial charge on any atom is -0.369 e. The highest BCUT2D eigenvalue weighted by atomic mass is 16.6. The fourth-order valence-corrected chi connectivity index (χ4v) is 3.48. The second kappa shape index (κ2) is 8.42. The fraction of sp³-hybridized carbons (Fsp3) is 0.556. The Morgan fingerprint density at radius 1 is 1.36 bits per heavy atom. The third-order valence-corrected chi connectivity index (χ3v) is 4.85. The summed E-state index contributed by atoms with van der Waals surface area (Å²) in [5, 5.41) is 3.34. The van der Waals surface area contributed by atoms with E-state index in [1.54, 1.807) is 11.9 Å². The first-order valence-electron chi connectivity index (χ1n) is 8.88. The van der Waals surface area contributed by atoms with Crippen LogP contribution in [-0.2, 0) is 16.2 Å². The van der Waals surface area contributed by atoms with Crippen LogP contribution in [0.4, 0.5) is 5.69 Å². The fourth-order valence-electron chi connectivity index (χ4n) is 3.48. The van der Waals surface area contributed by atoms with Gasteiger partial charge in [-0.15, -0.1) is 0 Å². The van der Waals surface area contributed by atoms with Gasteiger partial charge in [0.25, 0.3) is 5.91 Å². The molecule has 3 rings (SSSR count). The summed E-state index contributed by atoms with van der Waals surface area (Å²) in [7, 11) is 1.70. The van der Waals surface area contributed by atoms with Crippen molar-refractivity contribution in [2.24, 2.45) is 0 Å². The normalized spacial score (nSPS) is 18.4. The van der Waals surface area contributed by atoms with Gasteiger partial charge in [-0.1, -0.05) is 0 Å². The number of hydrogen-bond donors (Lipinski definition) is 2. The average Bonchev–Trinajstić information content (AvgIpc) is 2.98. The third kappa shape index (κ3) is 4.00. The number of nitrogens with zero attached hydrogens (tertiary/aromatic N) is 2. The molecule has 2 aliphatic heterocycles. The molecule has 25 heavy (non-hydrogen) atoms. The van der Waals surface area contributed by atoms with Crippen LogP contribution in [0.25, 0.3) is 0 Å². The van der Waals surface area contributed by atoms with Crippen molar-refractivity contribution in [3.8, 4) is 0 Å². The number of hydrogen-bond acceptors (Lipinski definition) is 6. The SMILES string of the molecule is CNOCCCC(C=O)N1Cc2cc(N3CCNCC3)ccc2C1=O. The maximum absolute atomic E-state index is 12.7. The van der Waals surface area contributed by atoms with Crippen molar-refractivity contribution in [3.63, 3.8) is 0 Å². The quantitative estimate of drug-likeness (QED) is 0.407. The molecule has 1 unspecified atom stereocenters. The minimum atomic E-state index is -0.400. The lowest BCUT2D eigenvalue weighted by Crippen LogP contribution is -2.43. The molecule has 2 N–H and O–H groups in total. The zero-order valence-electron chi connectivity index (χ0n) is 14.7. The summed E-state index contributed by atoms with van der Waals surface area (Å²) < 4.78 is 0. The second-order valence-electron chi connectivity index (χ2n) is 6.41. The average molecular weight is 346 g/mol. The van der Waals surface area contributed by atoms with Gasteiger partial charge in [-0.3, -0.25) is 4.79 Å². The number of amides is 1. The van der Waals surface area contributed by atoms with Crippen LogP contribution in [-0.4, -0.2) is 63.0 Å².